The zero-order chi connectivity index (χ0) is 13.0. The topological polar surface area (TPSA) is 20.3 Å². The fraction of sp³-hybridized carbons (Fsp3) is 0.188. The molecule has 0 fully saturated rings. The Morgan fingerprint density at radius 3 is 1.58 bits per heavy atom. The van der Waals surface area contributed by atoms with Gasteiger partial charge >= 0.3 is 48.9 Å². The van der Waals surface area contributed by atoms with E-state index in [0.29, 0.717) is 0 Å². The van der Waals surface area contributed by atoms with Gasteiger partial charge in [0.05, 0.1) is 5.92 Å². The van der Waals surface area contributed by atoms with Crippen molar-refractivity contribution in [2.24, 2.45) is 0 Å². The van der Waals surface area contributed by atoms with Crippen LogP contribution >= 0.6 is 0 Å². The van der Waals surface area contributed by atoms with Crippen molar-refractivity contribution in [3.63, 3.8) is 0 Å². The largest absolute Gasteiger partial charge is 2.00 e. The molecule has 0 aliphatic heterocycles. The van der Waals surface area contributed by atoms with Crippen molar-refractivity contribution in [2.75, 3.05) is 14.1 Å². The van der Waals surface area contributed by atoms with Gasteiger partial charge < -0.3 is 7.75 Å². The monoisotopic (exact) mass is 379 g/mol. The van der Waals surface area contributed by atoms with Crippen LogP contribution < -0.4 is 0 Å². The van der Waals surface area contributed by atoms with Gasteiger partial charge in [-0.25, -0.2) is 0 Å². The van der Waals surface area contributed by atoms with Gasteiger partial charge in [-0.05, 0) is 11.1 Å². The molecule has 0 saturated heterocycles. The van der Waals surface area contributed by atoms with Gasteiger partial charge in [0, 0.05) is 14.1 Å². The minimum Gasteiger partial charge on any atom is -1.00 e. The summed E-state index contributed by atoms with van der Waals surface area (Å²) >= 11 is 0. The van der Waals surface area contributed by atoms with E-state index in [2.05, 4.69) is 0 Å². The molecule has 1 amide bonds. The molecule has 2 rings (SSSR count). The Balaban J connectivity index is 0. The Kier molecular flexibility index (Phi) is 6.90. The average molecular weight is 379 g/mol. The Morgan fingerprint density at radius 1 is 0.895 bits per heavy atom. The van der Waals surface area contributed by atoms with Gasteiger partial charge in [0.2, 0.25) is 5.91 Å². The van der Waals surface area contributed by atoms with Crippen LogP contribution in [-0.4, -0.2) is 73.8 Å². The molecular weight excluding hydrogens is 360 g/mol. The second kappa shape index (κ2) is 7.92. The Bertz CT molecular complexity index is 481. The molecule has 0 aliphatic rings. The molecule has 19 heavy (non-hydrogen) atoms. The number of nitrogens with zero attached hydrogens (tertiary/aromatic N) is 1. The SMILES string of the molecule is CN(C)C(=O)C(c1ccccc1)c1ccccc1.[Ba+2].[H-].[H-]. The second-order valence-electron chi connectivity index (χ2n) is 4.49. The zero-order valence-electron chi connectivity index (χ0n) is 13.4. The first kappa shape index (κ1) is 16.5. The quantitative estimate of drug-likeness (QED) is 0.752. The van der Waals surface area contributed by atoms with Crippen LogP contribution in [0, 0.1) is 0 Å². The Hall–Kier alpha value is -0.519. The van der Waals surface area contributed by atoms with E-state index in [0.717, 1.165) is 11.1 Å². The number of carbonyl (C=O) groups excluding carboxylic acids is 1. The summed E-state index contributed by atoms with van der Waals surface area (Å²) in [4.78, 5) is 14.0. The molecule has 2 aromatic rings. The minimum absolute atomic E-state index is 0. The molecule has 0 aromatic heterocycles. The van der Waals surface area contributed by atoms with Crippen molar-refractivity contribution in [1.29, 1.82) is 0 Å². The summed E-state index contributed by atoms with van der Waals surface area (Å²) in [6, 6.07) is 19.8. The van der Waals surface area contributed by atoms with Gasteiger partial charge in [0.15, 0.2) is 0 Å². The maximum atomic E-state index is 12.4. The van der Waals surface area contributed by atoms with Crippen LogP contribution in [0.2, 0.25) is 0 Å². The van der Waals surface area contributed by atoms with Crippen LogP contribution in [0.4, 0.5) is 0 Å². The molecule has 0 spiro atoms. The molecule has 0 bridgehead atoms. The molecular formula is C16H19BaNO. The molecule has 96 valence electrons. The number of benzene rings is 2. The van der Waals surface area contributed by atoms with E-state index in [1.807, 2.05) is 60.7 Å². The molecule has 0 saturated carbocycles. The van der Waals surface area contributed by atoms with Crippen molar-refractivity contribution < 1.29 is 7.65 Å². The normalized spacial score (nSPS) is 9.84. The maximum Gasteiger partial charge on any atom is 2.00 e. The van der Waals surface area contributed by atoms with E-state index in [1.165, 1.54) is 0 Å². The summed E-state index contributed by atoms with van der Waals surface area (Å²) in [6.07, 6.45) is 0. The molecule has 0 heterocycles. The minimum atomic E-state index is -0.220. The Morgan fingerprint density at radius 2 is 1.26 bits per heavy atom. The molecule has 2 nitrogen and oxygen atoms in total. The van der Waals surface area contributed by atoms with Crippen LogP contribution in [0.5, 0.6) is 0 Å². The number of hydrogen-bond acceptors (Lipinski definition) is 1. The van der Waals surface area contributed by atoms with Gasteiger partial charge in [0.1, 0.15) is 0 Å². The molecule has 3 heteroatoms. The fourth-order valence-electron chi connectivity index (χ4n) is 2.03. The predicted molar refractivity (Wildman–Crippen MR) is 81.4 cm³/mol. The van der Waals surface area contributed by atoms with Gasteiger partial charge in [-0.15, -0.1) is 0 Å². The first-order valence-corrected chi connectivity index (χ1v) is 6.01. The molecule has 0 radical (unpaired) electrons. The van der Waals surface area contributed by atoms with Crippen LogP contribution in [0.1, 0.15) is 19.9 Å². The van der Waals surface area contributed by atoms with E-state index >= 15 is 0 Å². The third kappa shape index (κ3) is 4.23. The summed E-state index contributed by atoms with van der Waals surface area (Å²) in [5.41, 5.74) is 2.06. The van der Waals surface area contributed by atoms with Gasteiger partial charge in [-0.1, -0.05) is 60.7 Å². The number of rotatable bonds is 3. The zero-order valence-corrected chi connectivity index (χ0v) is 15.9. The third-order valence-electron chi connectivity index (χ3n) is 2.95. The summed E-state index contributed by atoms with van der Waals surface area (Å²) < 4.78 is 0. The van der Waals surface area contributed by atoms with Crippen LogP contribution in [0.3, 0.4) is 0 Å². The smallest absolute Gasteiger partial charge is 1.00 e. The molecule has 0 atom stereocenters. The first-order valence-electron chi connectivity index (χ1n) is 6.01. The predicted octanol–water partition coefficient (Wildman–Crippen LogP) is 2.75. The molecule has 2 aromatic carbocycles. The van der Waals surface area contributed by atoms with Gasteiger partial charge in [0.25, 0.3) is 0 Å². The van der Waals surface area contributed by atoms with Crippen LogP contribution in [0.25, 0.3) is 0 Å². The second-order valence-corrected chi connectivity index (χ2v) is 4.49. The number of likely N-dealkylation sites (N-methyl/N-ethyl adjacent to an activating group) is 1. The average Bonchev–Trinajstić information content (AvgIpc) is 2.41. The summed E-state index contributed by atoms with van der Waals surface area (Å²) in [5, 5.41) is 0. The number of carbonyl (C=O) groups is 1. The van der Waals surface area contributed by atoms with E-state index in [-0.39, 0.29) is 63.6 Å². The first-order chi connectivity index (χ1) is 8.70. The van der Waals surface area contributed by atoms with E-state index in [1.54, 1.807) is 19.0 Å². The summed E-state index contributed by atoms with van der Waals surface area (Å²) in [5.74, 6) is -0.116. The molecule has 0 unspecified atom stereocenters. The van der Waals surface area contributed by atoms with Crippen molar-refractivity contribution in [2.45, 2.75) is 5.92 Å². The number of amides is 1. The van der Waals surface area contributed by atoms with Crippen LogP contribution in [-0.2, 0) is 4.79 Å². The van der Waals surface area contributed by atoms with Crippen molar-refractivity contribution in [3.8, 4) is 0 Å². The Labute approximate surface area is 157 Å². The third-order valence-corrected chi connectivity index (χ3v) is 2.95. The van der Waals surface area contributed by atoms with Crippen LogP contribution in [0.15, 0.2) is 60.7 Å². The number of hydrogen-bond donors (Lipinski definition) is 0. The fourth-order valence-corrected chi connectivity index (χ4v) is 2.03. The van der Waals surface area contributed by atoms with E-state index < -0.39 is 0 Å². The van der Waals surface area contributed by atoms with Crippen molar-refractivity contribution in [3.05, 3.63) is 71.8 Å². The van der Waals surface area contributed by atoms with Crippen molar-refractivity contribution in [1.82, 2.24) is 4.90 Å². The standard InChI is InChI=1S/C16H17NO.Ba.2H/c1-17(2)16(18)15(13-9-5-3-6-10-13)14-11-7-4-8-12-14;;;/h3-12,15H,1-2H3;;;/q;+2;2*-1. The molecule has 0 N–H and O–H groups in total. The van der Waals surface area contributed by atoms with Crippen molar-refractivity contribution >= 4 is 54.8 Å². The van der Waals surface area contributed by atoms with Gasteiger partial charge in [-0.2, -0.15) is 0 Å². The van der Waals surface area contributed by atoms with E-state index in [9.17, 15) is 4.79 Å². The summed E-state index contributed by atoms with van der Waals surface area (Å²) in [6.45, 7) is 0. The van der Waals surface area contributed by atoms with E-state index in [4.69, 9.17) is 0 Å². The maximum absolute atomic E-state index is 12.4. The van der Waals surface area contributed by atoms with Gasteiger partial charge in [-0.3, -0.25) is 4.79 Å². The molecule has 0 aliphatic carbocycles. The summed E-state index contributed by atoms with van der Waals surface area (Å²) in [7, 11) is 3.59.